The minimum Gasteiger partial charge on any atom is -0.478 e. The third kappa shape index (κ3) is 4.40. The molecular weight excluding hydrogens is 424 g/mol. The van der Waals surface area contributed by atoms with Gasteiger partial charge in [0.1, 0.15) is 5.69 Å². The summed E-state index contributed by atoms with van der Waals surface area (Å²) in [6.07, 6.45) is 8.41. The number of hydrogen-bond donors (Lipinski definition) is 1. The summed E-state index contributed by atoms with van der Waals surface area (Å²) in [6, 6.07) is 20.0. The van der Waals surface area contributed by atoms with E-state index in [1.54, 1.807) is 18.2 Å². The van der Waals surface area contributed by atoms with Crippen molar-refractivity contribution in [2.24, 2.45) is 5.92 Å². The Morgan fingerprint density at radius 1 is 0.971 bits per heavy atom. The van der Waals surface area contributed by atoms with Crippen molar-refractivity contribution in [3.63, 3.8) is 0 Å². The van der Waals surface area contributed by atoms with Crippen molar-refractivity contribution in [1.82, 2.24) is 9.47 Å². The van der Waals surface area contributed by atoms with Crippen LogP contribution in [0, 0.1) is 5.92 Å². The Bertz CT molecular complexity index is 1170. The maximum atomic E-state index is 13.3. The SMILES string of the molecule is O=C(O)c1ccc2c(c1)CCC(CC[N+]1(c3ccncc3)CCC(c3ccccc3)CC1)C2=O. The zero-order valence-electron chi connectivity index (χ0n) is 19.4. The quantitative estimate of drug-likeness (QED) is 0.499. The molecule has 0 spiro atoms. The summed E-state index contributed by atoms with van der Waals surface area (Å²) >= 11 is 0. The molecule has 2 aromatic carbocycles. The van der Waals surface area contributed by atoms with Gasteiger partial charge in [-0.3, -0.25) is 14.3 Å². The van der Waals surface area contributed by atoms with Gasteiger partial charge in [-0.2, -0.15) is 0 Å². The number of pyridine rings is 1. The minimum absolute atomic E-state index is 0.00754. The molecule has 174 valence electrons. The second-order valence-corrected chi connectivity index (χ2v) is 9.77. The highest BCUT2D eigenvalue weighted by Gasteiger charge is 2.38. The number of carboxylic acid groups (broad SMARTS) is 1. The minimum atomic E-state index is -0.944. The molecule has 1 aliphatic heterocycles. The average molecular weight is 456 g/mol. The van der Waals surface area contributed by atoms with E-state index < -0.39 is 5.97 Å². The van der Waals surface area contributed by atoms with Crippen molar-refractivity contribution in [2.75, 3.05) is 19.6 Å². The third-order valence-corrected chi connectivity index (χ3v) is 7.95. The number of ketones is 1. The van der Waals surface area contributed by atoms with Crippen LogP contribution in [-0.4, -0.2) is 41.5 Å². The molecule has 1 aromatic heterocycles. The van der Waals surface area contributed by atoms with Gasteiger partial charge >= 0.3 is 5.97 Å². The zero-order valence-corrected chi connectivity index (χ0v) is 19.4. The summed E-state index contributed by atoms with van der Waals surface area (Å²) in [5, 5.41) is 9.27. The molecule has 2 aliphatic rings. The molecule has 0 radical (unpaired) electrons. The molecule has 5 nitrogen and oxygen atoms in total. The Balaban J connectivity index is 1.32. The van der Waals surface area contributed by atoms with E-state index in [1.807, 2.05) is 12.4 Å². The topological polar surface area (TPSA) is 67.3 Å². The number of carbonyl (C=O) groups excluding carboxylic acids is 1. The molecule has 1 fully saturated rings. The Morgan fingerprint density at radius 2 is 1.71 bits per heavy atom. The van der Waals surface area contributed by atoms with E-state index in [0.29, 0.717) is 11.5 Å². The highest BCUT2D eigenvalue weighted by atomic mass is 16.4. The van der Waals surface area contributed by atoms with E-state index in [4.69, 9.17) is 0 Å². The lowest BCUT2D eigenvalue weighted by Gasteiger charge is -2.44. The molecule has 1 atom stereocenters. The average Bonchev–Trinajstić information content (AvgIpc) is 2.89. The first-order chi connectivity index (χ1) is 16.6. The highest BCUT2D eigenvalue weighted by Crippen LogP contribution is 2.37. The van der Waals surface area contributed by atoms with Crippen molar-refractivity contribution in [2.45, 2.75) is 38.0 Å². The Hall–Kier alpha value is -3.31. The van der Waals surface area contributed by atoms with Gasteiger partial charge in [-0.15, -0.1) is 0 Å². The summed E-state index contributed by atoms with van der Waals surface area (Å²) < 4.78 is 0.903. The molecular formula is C29H31N2O3+. The number of nitrogens with zero attached hydrogens (tertiary/aromatic N) is 2. The van der Waals surface area contributed by atoms with Crippen LogP contribution in [0.15, 0.2) is 73.1 Å². The van der Waals surface area contributed by atoms with E-state index in [-0.39, 0.29) is 17.3 Å². The maximum absolute atomic E-state index is 13.3. The smallest absolute Gasteiger partial charge is 0.335 e. The van der Waals surface area contributed by atoms with Crippen LogP contribution in [0.25, 0.3) is 0 Å². The molecule has 2 heterocycles. The van der Waals surface area contributed by atoms with Crippen molar-refractivity contribution in [3.05, 3.63) is 95.3 Å². The van der Waals surface area contributed by atoms with Crippen molar-refractivity contribution < 1.29 is 14.7 Å². The Kier molecular flexibility index (Phi) is 6.29. The standard InChI is InChI=1S/C29H30N2O3/c32-28-23(6-7-24-20-25(29(33)34)8-9-27(24)28)14-19-31(26-10-15-30-16-11-26)17-12-22(13-18-31)21-4-2-1-3-5-21/h1-5,8-11,15-16,20,22-23H,6-7,12-14,17-19H2/p+1. The number of hydrogen-bond acceptors (Lipinski definition) is 3. The number of aromatic carboxylic acids is 1. The summed E-state index contributed by atoms with van der Waals surface area (Å²) in [6.45, 7) is 3.05. The van der Waals surface area contributed by atoms with Gasteiger partial charge in [0.05, 0.1) is 25.2 Å². The molecule has 1 aliphatic carbocycles. The summed E-state index contributed by atoms with van der Waals surface area (Å²) in [7, 11) is 0. The number of aryl methyl sites for hydroxylation is 1. The molecule has 1 N–H and O–H groups in total. The number of Topliss-reactive ketones (excluding diaryl/α,β-unsaturated/α-hetero) is 1. The van der Waals surface area contributed by atoms with Crippen molar-refractivity contribution >= 4 is 17.4 Å². The van der Waals surface area contributed by atoms with Crippen LogP contribution in [0.5, 0.6) is 0 Å². The Labute approximate surface area is 200 Å². The normalized spacial score (nSPS) is 24.4. The predicted molar refractivity (Wildman–Crippen MR) is 133 cm³/mol. The lowest BCUT2D eigenvalue weighted by Crippen LogP contribution is -2.55. The number of aromatic nitrogens is 1. The van der Waals surface area contributed by atoms with Gasteiger partial charge in [0.15, 0.2) is 5.78 Å². The van der Waals surface area contributed by atoms with Crippen LogP contribution in [0.4, 0.5) is 5.69 Å². The van der Waals surface area contributed by atoms with E-state index in [0.717, 1.165) is 61.8 Å². The zero-order chi connectivity index (χ0) is 23.5. The summed E-state index contributed by atoms with van der Waals surface area (Å²) in [5.74, 6) is -0.196. The predicted octanol–water partition coefficient (Wildman–Crippen LogP) is 5.50. The van der Waals surface area contributed by atoms with Gasteiger partial charge in [-0.05, 0) is 42.0 Å². The molecule has 0 amide bonds. The lowest BCUT2D eigenvalue weighted by atomic mass is 9.80. The highest BCUT2D eigenvalue weighted by molar-refractivity contribution is 6.01. The number of fused-ring (bicyclic) bond motifs is 1. The van der Waals surface area contributed by atoms with Gasteiger partial charge in [0.25, 0.3) is 0 Å². The molecule has 5 heteroatoms. The van der Waals surface area contributed by atoms with Crippen molar-refractivity contribution in [3.8, 4) is 0 Å². The third-order valence-electron chi connectivity index (χ3n) is 7.95. The monoisotopic (exact) mass is 455 g/mol. The number of rotatable bonds is 6. The number of carboxylic acids is 1. The van der Waals surface area contributed by atoms with Crippen LogP contribution in [0.1, 0.15) is 63.4 Å². The van der Waals surface area contributed by atoms with E-state index in [2.05, 4.69) is 47.4 Å². The van der Waals surface area contributed by atoms with Gasteiger partial charge < -0.3 is 5.11 Å². The van der Waals surface area contributed by atoms with Crippen LogP contribution < -0.4 is 4.48 Å². The number of carbonyl (C=O) groups is 2. The first-order valence-electron chi connectivity index (χ1n) is 12.3. The number of piperidine rings is 1. The first kappa shape index (κ1) is 22.5. The van der Waals surface area contributed by atoms with Crippen LogP contribution >= 0.6 is 0 Å². The van der Waals surface area contributed by atoms with Gasteiger partial charge in [-0.1, -0.05) is 36.4 Å². The molecule has 34 heavy (non-hydrogen) atoms. The Morgan fingerprint density at radius 3 is 2.41 bits per heavy atom. The lowest BCUT2D eigenvalue weighted by molar-refractivity contribution is 0.0695. The molecule has 3 aromatic rings. The largest absolute Gasteiger partial charge is 0.478 e. The summed E-state index contributed by atoms with van der Waals surface area (Å²) in [5.41, 5.74) is 4.56. The molecule has 1 unspecified atom stereocenters. The fourth-order valence-electron chi connectivity index (χ4n) is 5.92. The fourth-order valence-corrected chi connectivity index (χ4v) is 5.92. The van der Waals surface area contributed by atoms with Gasteiger partial charge in [0, 0.05) is 55.3 Å². The van der Waals surface area contributed by atoms with Crippen LogP contribution in [-0.2, 0) is 6.42 Å². The van der Waals surface area contributed by atoms with Gasteiger partial charge in [-0.25, -0.2) is 4.79 Å². The summed E-state index contributed by atoms with van der Waals surface area (Å²) in [4.78, 5) is 28.8. The van der Waals surface area contributed by atoms with E-state index >= 15 is 0 Å². The number of likely N-dealkylation sites (tertiary alicyclic amines) is 1. The fraction of sp³-hybridized carbons (Fsp3) is 0.345. The van der Waals surface area contributed by atoms with Crippen molar-refractivity contribution in [1.29, 1.82) is 0 Å². The molecule has 5 rings (SSSR count). The second kappa shape index (κ2) is 9.51. The van der Waals surface area contributed by atoms with Crippen LogP contribution in [0.3, 0.4) is 0 Å². The van der Waals surface area contributed by atoms with Gasteiger partial charge in [0.2, 0.25) is 0 Å². The first-order valence-corrected chi connectivity index (χ1v) is 12.3. The number of quaternary nitrogens is 1. The molecule has 0 saturated carbocycles. The van der Waals surface area contributed by atoms with E-state index in [1.165, 1.54) is 11.3 Å². The number of benzene rings is 2. The van der Waals surface area contributed by atoms with Crippen LogP contribution in [0.2, 0.25) is 0 Å². The molecule has 1 saturated heterocycles. The second-order valence-electron chi connectivity index (χ2n) is 9.77. The molecule has 0 bridgehead atoms. The maximum Gasteiger partial charge on any atom is 0.335 e. The van der Waals surface area contributed by atoms with E-state index in [9.17, 15) is 14.7 Å².